The van der Waals surface area contributed by atoms with E-state index in [1.807, 2.05) is 6.07 Å². The summed E-state index contributed by atoms with van der Waals surface area (Å²) in [4.78, 5) is 12.2. The maximum Gasteiger partial charge on any atom is 0.261 e. The quantitative estimate of drug-likeness (QED) is 0.793. The van der Waals surface area contributed by atoms with Crippen LogP contribution in [0.1, 0.15) is 23.2 Å². The number of hydrogen-bond acceptors (Lipinski definition) is 4. The highest BCUT2D eigenvalue weighted by molar-refractivity contribution is 9.10. The highest BCUT2D eigenvalue weighted by Crippen LogP contribution is 2.22. The van der Waals surface area contributed by atoms with Crippen LogP contribution in [-0.4, -0.2) is 37.4 Å². The molecular weight excluding hydrogens is 356 g/mol. The summed E-state index contributed by atoms with van der Waals surface area (Å²) in [5, 5.41) is 5.94. The predicted molar refractivity (Wildman–Crippen MR) is 87.7 cm³/mol. The molecule has 1 amide bonds. The lowest BCUT2D eigenvalue weighted by Crippen LogP contribution is -2.42. The van der Waals surface area contributed by atoms with E-state index < -0.39 is 0 Å². The van der Waals surface area contributed by atoms with Crippen molar-refractivity contribution in [3.63, 3.8) is 0 Å². The first-order chi connectivity index (χ1) is 10.1. The van der Waals surface area contributed by atoms with Crippen molar-refractivity contribution < 1.29 is 14.3 Å². The smallest absolute Gasteiger partial charge is 0.261 e. The summed E-state index contributed by atoms with van der Waals surface area (Å²) >= 11 is 8.46. The van der Waals surface area contributed by atoms with Gasteiger partial charge in [-0.25, -0.2) is 0 Å². The van der Waals surface area contributed by atoms with Gasteiger partial charge in [0.15, 0.2) is 5.11 Å². The van der Waals surface area contributed by atoms with Gasteiger partial charge >= 0.3 is 0 Å². The predicted octanol–water partition coefficient (Wildman–Crippen LogP) is 2.24. The minimum Gasteiger partial charge on any atom is -0.496 e. The van der Waals surface area contributed by atoms with Crippen LogP contribution in [0.15, 0.2) is 22.7 Å². The molecule has 0 saturated carbocycles. The molecule has 1 aromatic rings. The molecule has 0 bridgehead atoms. The summed E-state index contributed by atoms with van der Waals surface area (Å²) in [6.07, 6.45) is 2.25. The monoisotopic (exact) mass is 372 g/mol. The standard InChI is InChI=1S/C14H17BrN2O3S/c1-19-12-5-4-9(15)7-11(12)13(18)17-14(21)16-8-10-3-2-6-20-10/h4-5,7,10H,2-3,6,8H2,1H3,(H2,16,17,18,21). The number of rotatable bonds is 4. The van der Waals surface area contributed by atoms with E-state index in [0.717, 1.165) is 23.9 Å². The Bertz CT molecular complexity index is 533. The number of thiocarbonyl (C=S) groups is 1. The first kappa shape index (κ1) is 16.2. The molecule has 2 N–H and O–H groups in total. The fourth-order valence-electron chi connectivity index (χ4n) is 2.08. The molecule has 1 fully saturated rings. The molecule has 0 radical (unpaired) electrons. The van der Waals surface area contributed by atoms with Gasteiger partial charge in [0.25, 0.3) is 5.91 Å². The van der Waals surface area contributed by atoms with Crippen LogP contribution in [0.4, 0.5) is 0 Å². The molecule has 1 aromatic carbocycles. The Morgan fingerprint density at radius 1 is 1.57 bits per heavy atom. The SMILES string of the molecule is COc1ccc(Br)cc1C(=O)NC(=S)NCC1CCCO1. The second-order valence-corrected chi connectivity index (χ2v) is 5.97. The zero-order valence-electron chi connectivity index (χ0n) is 11.6. The summed E-state index contributed by atoms with van der Waals surface area (Å²) in [6, 6.07) is 5.22. The number of hydrogen-bond donors (Lipinski definition) is 2. The molecule has 0 aromatic heterocycles. The summed E-state index contributed by atoms with van der Waals surface area (Å²) < 4.78 is 11.5. The van der Waals surface area contributed by atoms with Crippen LogP contribution in [0.5, 0.6) is 5.75 Å². The Labute approximate surface area is 137 Å². The lowest BCUT2D eigenvalue weighted by Gasteiger charge is -2.14. The molecule has 0 spiro atoms. The van der Waals surface area contributed by atoms with Gasteiger partial charge in [-0.3, -0.25) is 10.1 Å². The largest absolute Gasteiger partial charge is 0.496 e. The Hall–Kier alpha value is -1.18. The van der Waals surface area contributed by atoms with Gasteiger partial charge in [-0.15, -0.1) is 0 Å². The van der Waals surface area contributed by atoms with Gasteiger partial charge in [-0.2, -0.15) is 0 Å². The van der Waals surface area contributed by atoms with Gasteiger partial charge in [0.2, 0.25) is 0 Å². The maximum absolute atomic E-state index is 12.2. The number of halogens is 1. The summed E-state index contributed by atoms with van der Waals surface area (Å²) in [6.45, 7) is 1.40. The first-order valence-corrected chi connectivity index (χ1v) is 7.84. The number of carbonyl (C=O) groups excluding carboxylic acids is 1. The van der Waals surface area contributed by atoms with Gasteiger partial charge in [-0.05, 0) is 43.3 Å². The molecule has 21 heavy (non-hydrogen) atoms. The van der Waals surface area contributed by atoms with E-state index in [9.17, 15) is 4.79 Å². The Morgan fingerprint density at radius 2 is 2.38 bits per heavy atom. The van der Waals surface area contributed by atoms with E-state index in [1.165, 1.54) is 7.11 Å². The number of amides is 1. The van der Waals surface area contributed by atoms with Crippen molar-refractivity contribution in [2.45, 2.75) is 18.9 Å². The molecule has 5 nitrogen and oxygen atoms in total. The van der Waals surface area contributed by atoms with Crippen LogP contribution >= 0.6 is 28.1 Å². The first-order valence-electron chi connectivity index (χ1n) is 6.64. The van der Waals surface area contributed by atoms with Gasteiger partial charge in [0.05, 0.1) is 18.8 Å². The number of methoxy groups -OCH3 is 1. The van der Waals surface area contributed by atoms with E-state index in [0.29, 0.717) is 17.9 Å². The second kappa shape index (κ2) is 7.72. The van der Waals surface area contributed by atoms with Gasteiger partial charge in [0.1, 0.15) is 5.75 Å². The normalized spacial score (nSPS) is 17.3. The molecule has 1 aliphatic rings. The average Bonchev–Trinajstić information content (AvgIpc) is 2.98. The number of nitrogens with one attached hydrogen (secondary N) is 2. The molecule has 1 saturated heterocycles. The van der Waals surface area contributed by atoms with E-state index in [1.54, 1.807) is 12.1 Å². The lowest BCUT2D eigenvalue weighted by molar-refractivity contribution is 0.0970. The lowest BCUT2D eigenvalue weighted by atomic mass is 10.2. The zero-order chi connectivity index (χ0) is 15.2. The maximum atomic E-state index is 12.2. The second-order valence-electron chi connectivity index (χ2n) is 4.64. The highest BCUT2D eigenvalue weighted by Gasteiger charge is 2.17. The summed E-state index contributed by atoms with van der Waals surface area (Å²) in [5.74, 6) is 0.190. The fraction of sp³-hybridized carbons (Fsp3) is 0.429. The summed E-state index contributed by atoms with van der Waals surface area (Å²) in [7, 11) is 1.52. The number of ether oxygens (including phenoxy) is 2. The van der Waals surface area contributed by atoms with Crippen molar-refractivity contribution in [3.05, 3.63) is 28.2 Å². The molecule has 1 heterocycles. The van der Waals surface area contributed by atoms with E-state index in [-0.39, 0.29) is 17.1 Å². The van der Waals surface area contributed by atoms with Crippen LogP contribution in [0.25, 0.3) is 0 Å². The minimum atomic E-state index is -0.307. The summed E-state index contributed by atoms with van der Waals surface area (Å²) in [5.41, 5.74) is 0.424. The molecular formula is C14H17BrN2O3S. The Morgan fingerprint density at radius 3 is 3.05 bits per heavy atom. The van der Waals surface area contributed by atoms with Crippen molar-refractivity contribution in [2.75, 3.05) is 20.3 Å². The third-order valence-corrected chi connectivity index (χ3v) is 3.89. The van der Waals surface area contributed by atoms with E-state index in [4.69, 9.17) is 21.7 Å². The molecule has 1 unspecified atom stereocenters. The third-order valence-electron chi connectivity index (χ3n) is 3.15. The van der Waals surface area contributed by atoms with Gasteiger partial charge in [-0.1, -0.05) is 15.9 Å². The average molecular weight is 373 g/mol. The Balaban J connectivity index is 1.91. The minimum absolute atomic E-state index is 0.167. The van der Waals surface area contributed by atoms with Crippen molar-refractivity contribution in [1.82, 2.24) is 10.6 Å². The number of benzene rings is 1. The fourth-order valence-corrected chi connectivity index (χ4v) is 2.62. The molecule has 7 heteroatoms. The van der Waals surface area contributed by atoms with Crippen molar-refractivity contribution in [2.24, 2.45) is 0 Å². The van der Waals surface area contributed by atoms with Gasteiger partial charge < -0.3 is 14.8 Å². The van der Waals surface area contributed by atoms with Crippen LogP contribution < -0.4 is 15.4 Å². The molecule has 1 atom stereocenters. The van der Waals surface area contributed by atoms with Gasteiger partial charge in [0, 0.05) is 17.6 Å². The van der Waals surface area contributed by atoms with E-state index >= 15 is 0 Å². The molecule has 2 rings (SSSR count). The van der Waals surface area contributed by atoms with Crippen molar-refractivity contribution >= 4 is 39.2 Å². The van der Waals surface area contributed by atoms with Crippen LogP contribution in [0, 0.1) is 0 Å². The molecule has 114 valence electrons. The van der Waals surface area contributed by atoms with Crippen LogP contribution in [-0.2, 0) is 4.74 Å². The van der Waals surface area contributed by atoms with Crippen LogP contribution in [0.3, 0.4) is 0 Å². The number of carbonyl (C=O) groups is 1. The molecule has 1 aliphatic heterocycles. The molecule has 0 aliphatic carbocycles. The third kappa shape index (κ3) is 4.66. The Kier molecular flexibility index (Phi) is 5.96. The zero-order valence-corrected chi connectivity index (χ0v) is 14.1. The van der Waals surface area contributed by atoms with E-state index in [2.05, 4.69) is 26.6 Å². The van der Waals surface area contributed by atoms with Crippen LogP contribution in [0.2, 0.25) is 0 Å². The highest BCUT2D eigenvalue weighted by atomic mass is 79.9. The van der Waals surface area contributed by atoms with Crippen molar-refractivity contribution in [1.29, 1.82) is 0 Å². The topological polar surface area (TPSA) is 59.6 Å². The van der Waals surface area contributed by atoms with Crippen molar-refractivity contribution in [3.8, 4) is 5.75 Å².